The van der Waals surface area contributed by atoms with E-state index in [1.807, 2.05) is 0 Å². The number of hydrogen-bond donors (Lipinski definition) is 0. The molecule has 1 saturated heterocycles. The zero-order valence-electron chi connectivity index (χ0n) is 2.98. The van der Waals surface area contributed by atoms with Crippen LogP contribution >= 0.6 is 11.6 Å². The number of carbonyl (C=O) groups excluding carboxylic acids is 1. The molecule has 6 heavy (non-hydrogen) atoms. The van der Waals surface area contributed by atoms with E-state index in [1.165, 1.54) is 0 Å². The molecule has 1 heterocycles. The van der Waals surface area contributed by atoms with Gasteiger partial charge in [-0.3, -0.25) is 0 Å². The second-order valence-electron chi connectivity index (χ2n) is 1.08. The first-order valence-corrected chi connectivity index (χ1v) is 2.14. The van der Waals surface area contributed by atoms with E-state index in [4.69, 9.17) is 11.6 Å². The molecule has 0 amide bonds. The second kappa shape index (κ2) is 1.12. The van der Waals surface area contributed by atoms with Crippen LogP contribution in [0.2, 0.25) is 0 Å². The van der Waals surface area contributed by atoms with Crippen LogP contribution in [0.1, 0.15) is 0 Å². The molecule has 0 radical (unpaired) electrons. The summed E-state index contributed by atoms with van der Waals surface area (Å²) in [6, 6.07) is 0. The maximum Gasteiger partial charge on any atom is 0.349 e. The zero-order valence-corrected chi connectivity index (χ0v) is 3.73. The van der Waals surface area contributed by atoms with E-state index in [0.29, 0.717) is 5.88 Å². The van der Waals surface area contributed by atoms with E-state index in [9.17, 15) is 4.79 Å². The van der Waals surface area contributed by atoms with Crippen molar-refractivity contribution < 1.29 is 9.53 Å². The number of halogens is 1. The highest BCUT2D eigenvalue weighted by Gasteiger charge is 2.36. The van der Waals surface area contributed by atoms with Crippen molar-refractivity contribution in [2.75, 3.05) is 5.88 Å². The van der Waals surface area contributed by atoms with Gasteiger partial charge in [-0.1, -0.05) is 0 Å². The molecule has 0 bridgehead atoms. The molecule has 0 N–H and O–H groups in total. The van der Waals surface area contributed by atoms with Gasteiger partial charge in [-0.2, -0.15) is 0 Å². The number of alkyl halides is 1. The Labute approximate surface area is 40.0 Å². The van der Waals surface area contributed by atoms with Crippen molar-refractivity contribution in [2.45, 2.75) is 6.10 Å². The maximum atomic E-state index is 9.81. The summed E-state index contributed by atoms with van der Waals surface area (Å²) in [5, 5.41) is 0. The zero-order chi connectivity index (χ0) is 4.57. The first-order chi connectivity index (χ1) is 2.84. The van der Waals surface area contributed by atoms with E-state index < -0.39 is 0 Å². The largest absolute Gasteiger partial charge is 0.446 e. The van der Waals surface area contributed by atoms with E-state index in [0.717, 1.165) is 0 Å². The van der Waals surface area contributed by atoms with E-state index >= 15 is 0 Å². The van der Waals surface area contributed by atoms with Gasteiger partial charge in [-0.15, -0.1) is 11.6 Å². The molecule has 1 rings (SSSR count). The van der Waals surface area contributed by atoms with Crippen molar-refractivity contribution in [3.63, 3.8) is 0 Å². The quantitative estimate of drug-likeness (QED) is 0.352. The van der Waals surface area contributed by atoms with Crippen LogP contribution in [0, 0.1) is 0 Å². The standard InChI is InChI=1S/C3H3ClO2/c4-1-2-3(5)6-2/h2H,1H2. The number of ether oxygens (including phenoxy) is 1. The minimum atomic E-state index is -0.272. The van der Waals surface area contributed by atoms with Gasteiger partial charge in [0.15, 0.2) is 0 Å². The molecular weight excluding hydrogens is 103 g/mol. The highest BCUT2D eigenvalue weighted by atomic mass is 35.5. The van der Waals surface area contributed by atoms with Crippen LogP contribution in [0.5, 0.6) is 0 Å². The van der Waals surface area contributed by atoms with Crippen LogP contribution in [-0.2, 0) is 9.53 Å². The number of rotatable bonds is 1. The highest BCUT2D eigenvalue weighted by molar-refractivity contribution is 6.20. The number of carbonyl (C=O) groups is 1. The van der Waals surface area contributed by atoms with Gasteiger partial charge in [0.05, 0.1) is 5.88 Å². The molecular formula is C3H3ClO2. The molecule has 1 aliphatic heterocycles. The monoisotopic (exact) mass is 106 g/mol. The lowest BCUT2D eigenvalue weighted by Gasteiger charge is -1.63. The molecule has 0 aromatic carbocycles. The van der Waals surface area contributed by atoms with Crippen molar-refractivity contribution in [1.29, 1.82) is 0 Å². The van der Waals surface area contributed by atoms with Gasteiger partial charge in [-0.05, 0) is 0 Å². The molecule has 0 aliphatic carbocycles. The van der Waals surface area contributed by atoms with Gasteiger partial charge < -0.3 is 4.74 Å². The summed E-state index contributed by atoms with van der Waals surface area (Å²) in [4.78, 5) is 9.81. The average molecular weight is 107 g/mol. The Morgan fingerprint density at radius 2 is 2.50 bits per heavy atom. The van der Waals surface area contributed by atoms with Crippen LogP contribution < -0.4 is 0 Å². The smallest absolute Gasteiger partial charge is 0.349 e. The van der Waals surface area contributed by atoms with Crippen LogP contribution in [0.3, 0.4) is 0 Å². The molecule has 0 saturated carbocycles. The van der Waals surface area contributed by atoms with Crippen LogP contribution in [0.4, 0.5) is 0 Å². The molecule has 1 atom stereocenters. The first-order valence-electron chi connectivity index (χ1n) is 1.61. The summed E-state index contributed by atoms with van der Waals surface area (Å²) in [5.74, 6) is 0.128. The number of cyclic esters (lactones) is 1. The van der Waals surface area contributed by atoms with E-state index in [1.54, 1.807) is 0 Å². The molecule has 0 aromatic rings. The third-order valence-corrected chi connectivity index (χ3v) is 0.885. The SMILES string of the molecule is O=C1OC1CCl. The van der Waals surface area contributed by atoms with E-state index in [2.05, 4.69) is 4.74 Å². The Kier molecular flexibility index (Phi) is 0.733. The average Bonchev–Trinajstić information content (AvgIpc) is 2.19. The minimum Gasteiger partial charge on any atom is -0.446 e. The molecule has 34 valence electrons. The molecule has 0 spiro atoms. The van der Waals surface area contributed by atoms with Crippen molar-refractivity contribution in [2.24, 2.45) is 0 Å². The van der Waals surface area contributed by atoms with Crippen LogP contribution in [0.25, 0.3) is 0 Å². The molecule has 3 heteroatoms. The number of hydrogen-bond acceptors (Lipinski definition) is 2. The van der Waals surface area contributed by atoms with Gasteiger partial charge in [-0.25, -0.2) is 4.79 Å². The Balaban J connectivity index is 2.26. The summed E-state index contributed by atoms with van der Waals surface area (Å²) in [6.45, 7) is 0. The topological polar surface area (TPSA) is 29.6 Å². The Hall–Kier alpha value is -0.240. The normalized spacial score (nSPS) is 29.5. The van der Waals surface area contributed by atoms with Crippen LogP contribution in [-0.4, -0.2) is 18.0 Å². The third kappa shape index (κ3) is 0.476. The number of epoxide rings is 1. The van der Waals surface area contributed by atoms with Crippen molar-refractivity contribution in [3.05, 3.63) is 0 Å². The lowest BCUT2D eigenvalue weighted by Crippen LogP contribution is -1.84. The molecule has 1 fully saturated rings. The minimum absolute atomic E-state index is 0.176. The summed E-state index contributed by atoms with van der Waals surface area (Å²) in [5.41, 5.74) is 0. The van der Waals surface area contributed by atoms with Gasteiger partial charge in [0, 0.05) is 0 Å². The van der Waals surface area contributed by atoms with Crippen LogP contribution in [0.15, 0.2) is 0 Å². The molecule has 2 nitrogen and oxygen atoms in total. The summed E-state index contributed by atoms with van der Waals surface area (Å²) < 4.78 is 4.30. The van der Waals surface area contributed by atoms with Gasteiger partial charge in [0.2, 0.25) is 6.10 Å². The van der Waals surface area contributed by atoms with Crippen molar-refractivity contribution >= 4 is 17.6 Å². The second-order valence-corrected chi connectivity index (χ2v) is 1.39. The Morgan fingerprint density at radius 1 is 2.00 bits per heavy atom. The predicted molar refractivity (Wildman–Crippen MR) is 20.6 cm³/mol. The molecule has 0 aromatic heterocycles. The van der Waals surface area contributed by atoms with Gasteiger partial charge >= 0.3 is 5.97 Å². The maximum absolute atomic E-state index is 9.81. The van der Waals surface area contributed by atoms with E-state index in [-0.39, 0.29) is 12.1 Å². The summed E-state index contributed by atoms with van der Waals surface area (Å²) >= 11 is 5.15. The predicted octanol–water partition coefficient (Wildman–Crippen LogP) is 0.151. The van der Waals surface area contributed by atoms with Gasteiger partial charge in [0.1, 0.15) is 0 Å². The third-order valence-electron chi connectivity index (χ3n) is 0.604. The fourth-order valence-corrected chi connectivity index (χ4v) is 0.390. The Bertz CT molecular complexity index is 80.9. The first kappa shape index (κ1) is 3.93. The van der Waals surface area contributed by atoms with Crippen molar-refractivity contribution in [3.8, 4) is 0 Å². The highest BCUT2D eigenvalue weighted by Crippen LogP contribution is 2.12. The lowest BCUT2D eigenvalue weighted by atomic mass is 10.6. The fraction of sp³-hybridized carbons (Fsp3) is 0.667. The van der Waals surface area contributed by atoms with Gasteiger partial charge in [0.25, 0.3) is 0 Å². The molecule has 1 unspecified atom stereocenters. The lowest BCUT2D eigenvalue weighted by molar-refractivity contribution is -0.117. The fourth-order valence-electron chi connectivity index (χ4n) is 0.201. The molecule has 1 aliphatic rings. The van der Waals surface area contributed by atoms with Crippen molar-refractivity contribution in [1.82, 2.24) is 0 Å². The summed E-state index contributed by atoms with van der Waals surface area (Å²) in [6.07, 6.45) is -0.272. The summed E-state index contributed by atoms with van der Waals surface area (Å²) in [7, 11) is 0. The Morgan fingerprint density at radius 3 is 2.50 bits per heavy atom.